The number of rotatable bonds is 3. The Morgan fingerprint density at radius 3 is 2.56 bits per heavy atom. The topological polar surface area (TPSA) is 68.1 Å². The molecule has 3 unspecified atom stereocenters. The molecular weight excluding hydrogens is 316 g/mol. The average molecular weight is 340 g/mol. The molecule has 1 amide bonds. The first-order valence-corrected chi connectivity index (χ1v) is 8.74. The van der Waals surface area contributed by atoms with Crippen LogP contribution in [0.3, 0.4) is 0 Å². The van der Waals surface area contributed by atoms with Crippen LogP contribution in [0.15, 0.2) is 41.5 Å². The highest BCUT2D eigenvalue weighted by Crippen LogP contribution is 2.23. The fourth-order valence-corrected chi connectivity index (χ4v) is 3.58. The Kier molecular flexibility index (Phi) is 4.97. The van der Waals surface area contributed by atoms with Crippen LogP contribution in [0.1, 0.15) is 33.2 Å². The van der Waals surface area contributed by atoms with Gasteiger partial charge in [0.2, 0.25) is 5.91 Å². The minimum Gasteiger partial charge on any atom is -0.340 e. The van der Waals surface area contributed by atoms with Crippen LogP contribution < -0.4 is 5.56 Å². The summed E-state index contributed by atoms with van der Waals surface area (Å²) in [5.74, 6) is 0.911. The first kappa shape index (κ1) is 17.3. The van der Waals surface area contributed by atoms with Gasteiger partial charge in [-0.15, -0.1) is 0 Å². The lowest BCUT2D eigenvalue weighted by Gasteiger charge is -2.36. The molecule has 0 N–H and O–H groups in total. The van der Waals surface area contributed by atoms with E-state index < -0.39 is 6.04 Å². The Morgan fingerprint density at radius 1 is 1.20 bits per heavy atom. The van der Waals surface area contributed by atoms with E-state index in [1.54, 1.807) is 25.4 Å². The highest BCUT2D eigenvalue weighted by Gasteiger charge is 2.29. The number of carbonyl (C=O) groups excluding carboxylic acids is 1. The van der Waals surface area contributed by atoms with E-state index in [0.29, 0.717) is 17.5 Å². The summed E-state index contributed by atoms with van der Waals surface area (Å²) in [5.41, 5.74) is 1.18. The van der Waals surface area contributed by atoms with Gasteiger partial charge in [0.15, 0.2) is 0 Å². The van der Waals surface area contributed by atoms with Gasteiger partial charge in [0.1, 0.15) is 6.04 Å². The van der Waals surface area contributed by atoms with Crippen LogP contribution in [0.25, 0.3) is 11.3 Å². The molecule has 2 aromatic rings. The Hall–Kier alpha value is -2.50. The van der Waals surface area contributed by atoms with Crippen LogP contribution >= 0.6 is 0 Å². The zero-order valence-electron chi connectivity index (χ0n) is 14.9. The van der Waals surface area contributed by atoms with Gasteiger partial charge in [-0.25, -0.2) is 4.68 Å². The van der Waals surface area contributed by atoms with Crippen molar-refractivity contribution in [2.45, 2.75) is 33.2 Å². The number of piperidine rings is 1. The van der Waals surface area contributed by atoms with Crippen molar-refractivity contribution in [3.05, 3.63) is 47.0 Å². The minimum absolute atomic E-state index is 0.0451. The second kappa shape index (κ2) is 7.17. The summed E-state index contributed by atoms with van der Waals surface area (Å²) in [5, 5.41) is 4.41. The molecule has 0 spiro atoms. The first-order chi connectivity index (χ1) is 12.0. The maximum absolute atomic E-state index is 12.9. The van der Waals surface area contributed by atoms with Crippen molar-refractivity contribution >= 4 is 5.91 Å². The van der Waals surface area contributed by atoms with Crippen LogP contribution in [0.2, 0.25) is 0 Å². The largest absolute Gasteiger partial charge is 0.340 e. The van der Waals surface area contributed by atoms with Crippen molar-refractivity contribution in [1.29, 1.82) is 0 Å². The second-order valence-corrected chi connectivity index (χ2v) is 7.11. The molecule has 0 aromatic carbocycles. The summed E-state index contributed by atoms with van der Waals surface area (Å²) < 4.78 is 1.29. The quantitative estimate of drug-likeness (QED) is 0.860. The molecule has 132 valence electrons. The van der Waals surface area contributed by atoms with Crippen LogP contribution in [0.5, 0.6) is 0 Å². The summed E-state index contributed by atoms with van der Waals surface area (Å²) in [7, 11) is 0. The van der Waals surface area contributed by atoms with Gasteiger partial charge in [0.25, 0.3) is 5.56 Å². The number of pyridine rings is 1. The van der Waals surface area contributed by atoms with Gasteiger partial charge in [-0.3, -0.25) is 14.6 Å². The monoisotopic (exact) mass is 340 g/mol. The number of amides is 1. The van der Waals surface area contributed by atoms with E-state index in [9.17, 15) is 9.59 Å². The van der Waals surface area contributed by atoms with Crippen LogP contribution in [-0.2, 0) is 4.79 Å². The van der Waals surface area contributed by atoms with Gasteiger partial charge in [0.05, 0.1) is 5.69 Å². The van der Waals surface area contributed by atoms with Crippen molar-refractivity contribution < 1.29 is 4.79 Å². The van der Waals surface area contributed by atoms with Crippen molar-refractivity contribution in [2.24, 2.45) is 11.8 Å². The van der Waals surface area contributed by atoms with Gasteiger partial charge in [-0.05, 0) is 43.4 Å². The zero-order chi connectivity index (χ0) is 18.0. The number of carbonyl (C=O) groups is 1. The van der Waals surface area contributed by atoms with Gasteiger partial charge < -0.3 is 4.90 Å². The van der Waals surface area contributed by atoms with Crippen molar-refractivity contribution in [3.8, 4) is 11.3 Å². The highest BCUT2D eigenvalue weighted by molar-refractivity contribution is 5.80. The molecule has 0 radical (unpaired) electrons. The third-order valence-electron chi connectivity index (χ3n) is 4.69. The molecule has 0 bridgehead atoms. The van der Waals surface area contributed by atoms with E-state index in [4.69, 9.17) is 0 Å². The van der Waals surface area contributed by atoms with Gasteiger partial charge in [-0.1, -0.05) is 13.8 Å². The number of hydrogen-bond acceptors (Lipinski definition) is 4. The Balaban J connectivity index is 1.87. The van der Waals surface area contributed by atoms with E-state index in [0.717, 1.165) is 25.1 Å². The fraction of sp³-hybridized carbons (Fsp3) is 0.474. The third kappa shape index (κ3) is 3.78. The smallest absolute Gasteiger partial charge is 0.267 e. The van der Waals surface area contributed by atoms with Crippen LogP contribution in [0, 0.1) is 11.8 Å². The molecule has 25 heavy (non-hydrogen) atoms. The van der Waals surface area contributed by atoms with Crippen LogP contribution in [-0.4, -0.2) is 38.7 Å². The van der Waals surface area contributed by atoms with E-state index in [-0.39, 0.29) is 11.5 Å². The maximum Gasteiger partial charge on any atom is 0.267 e. The Labute approximate surface area is 147 Å². The lowest BCUT2D eigenvalue weighted by Crippen LogP contribution is -2.46. The van der Waals surface area contributed by atoms with Crippen molar-refractivity contribution in [3.63, 3.8) is 0 Å². The van der Waals surface area contributed by atoms with Gasteiger partial charge >= 0.3 is 0 Å². The highest BCUT2D eigenvalue weighted by atomic mass is 16.2. The summed E-state index contributed by atoms with van der Waals surface area (Å²) in [6.45, 7) is 7.55. The molecule has 3 heterocycles. The molecular formula is C19H24N4O2. The maximum atomic E-state index is 12.9. The standard InChI is InChI=1S/C19H24N4O2/c1-13-9-14(2)12-22(11-13)19(25)15(3)23-18(24)7-6-17(21-23)16-5-4-8-20-10-16/h4-8,10,13-15H,9,11-12H2,1-3H3. The van der Waals surface area contributed by atoms with Crippen molar-refractivity contribution in [1.82, 2.24) is 19.7 Å². The number of nitrogens with zero attached hydrogens (tertiary/aromatic N) is 4. The number of likely N-dealkylation sites (tertiary alicyclic amines) is 1. The molecule has 2 aromatic heterocycles. The van der Waals surface area contributed by atoms with Crippen LogP contribution in [0.4, 0.5) is 0 Å². The molecule has 1 aliphatic rings. The SMILES string of the molecule is CC1CC(C)CN(C(=O)C(C)n2nc(-c3cccnc3)ccc2=O)C1. The minimum atomic E-state index is -0.623. The Bertz CT molecular complexity index is 793. The van der Waals surface area contributed by atoms with E-state index in [1.165, 1.54) is 10.7 Å². The molecule has 6 nitrogen and oxygen atoms in total. The summed E-state index contributed by atoms with van der Waals surface area (Å²) >= 11 is 0. The summed E-state index contributed by atoms with van der Waals surface area (Å²) in [6, 6.07) is 6.20. The van der Waals surface area contributed by atoms with E-state index in [1.807, 2.05) is 17.0 Å². The molecule has 0 aliphatic carbocycles. The summed E-state index contributed by atoms with van der Waals surface area (Å²) in [4.78, 5) is 31.1. The number of aromatic nitrogens is 3. The predicted molar refractivity (Wildman–Crippen MR) is 96.0 cm³/mol. The molecule has 3 rings (SSSR count). The molecule has 0 saturated carbocycles. The predicted octanol–water partition coefficient (Wildman–Crippen LogP) is 2.37. The first-order valence-electron chi connectivity index (χ1n) is 8.74. The molecule has 1 saturated heterocycles. The normalized spacial score (nSPS) is 21.8. The van der Waals surface area contributed by atoms with E-state index >= 15 is 0 Å². The fourth-order valence-electron chi connectivity index (χ4n) is 3.58. The van der Waals surface area contributed by atoms with E-state index in [2.05, 4.69) is 23.9 Å². The molecule has 1 aliphatic heterocycles. The van der Waals surface area contributed by atoms with Crippen molar-refractivity contribution in [2.75, 3.05) is 13.1 Å². The molecule has 6 heteroatoms. The summed E-state index contributed by atoms with van der Waals surface area (Å²) in [6.07, 6.45) is 4.51. The second-order valence-electron chi connectivity index (χ2n) is 7.11. The Morgan fingerprint density at radius 2 is 1.92 bits per heavy atom. The zero-order valence-corrected chi connectivity index (χ0v) is 14.9. The lowest BCUT2D eigenvalue weighted by molar-refractivity contribution is -0.137. The third-order valence-corrected chi connectivity index (χ3v) is 4.69. The molecule has 1 fully saturated rings. The lowest BCUT2D eigenvalue weighted by atomic mass is 9.91. The van der Waals surface area contributed by atoms with Gasteiger partial charge in [0, 0.05) is 37.1 Å². The number of hydrogen-bond donors (Lipinski definition) is 0. The average Bonchev–Trinajstić information content (AvgIpc) is 2.61. The van der Waals surface area contributed by atoms with Gasteiger partial charge in [-0.2, -0.15) is 5.10 Å². The molecule has 3 atom stereocenters.